The number of thioether (sulfide) groups is 1. The average molecular weight is 452 g/mol. The maximum absolute atomic E-state index is 12.7. The molecule has 2 rings (SSSR count). The van der Waals surface area contributed by atoms with E-state index >= 15 is 0 Å². The zero-order valence-electron chi connectivity index (χ0n) is 17.5. The fourth-order valence-corrected chi connectivity index (χ4v) is 3.81. The summed E-state index contributed by atoms with van der Waals surface area (Å²) < 4.78 is 15.9. The Morgan fingerprint density at radius 1 is 1.26 bits per heavy atom. The molecule has 1 fully saturated rings. The van der Waals surface area contributed by atoms with Crippen LogP contribution in [0, 0.1) is 0 Å². The summed E-state index contributed by atoms with van der Waals surface area (Å²) in [6.45, 7) is 7.14. The van der Waals surface area contributed by atoms with Gasteiger partial charge in [0.1, 0.15) is 11.8 Å². The van der Waals surface area contributed by atoms with Gasteiger partial charge in [-0.25, -0.2) is 14.8 Å². The van der Waals surface area contributed by atoms with Crippen molar-refractivity contribution < 1.29 is 33.4 Å². The second-order valence-electron chi connectivity index (χ2n) is 6.09. The molecule has 31 heavy (non-hydrogen) atoms. The van der Waals surface area contributed by atoms with E-state index in [4.69, 9.17) is 9.47 Å². The van der Waals surface area contributed by atoms with Crippen LogP contribution in [0.3, 0.4) is 0 Å². The van der Waals surface area contributed by atoms with Gasteiger partial charge in [-0.05, 0) is 13.8 Å². The van der Waals surface area contributed by atoms with Crippen molar-refractivity contribution in [2.24, 2.45) is 4.99 Å². The lowest BCUT2D eigenvalue weighted by atomic mass is 10.2. The summed E-state index contributed by atoms with van der Waals surface area (Å²) in [5.74, 6) is -2.17. The molecule has 1 aromatic heterocycles. The monoisotopic (exact) mass is 452 g/mol. The Morgan fingerprint density at radius 2 is 1.97 bits per heavy atom. The molecule has 0 aromatic carbocycles. The van der Waals surface area contributed by atoms with Gasteiger partial charge < -0.3 is 18.8 Å². The van der Waals surface area contributed by atoms with E-state index in [9.17, 15) is 19.2 Å². The summed E-state index contributed by atoms with van der Waals surface area (Å²) in [7, 11) is 1.24. The predicted octanol–water partition coefficient (Wildman–Crippen LogP) is 1.30. The molecule has 2 heterocycles. The van der Waals surface area contributed by atoms with Crippen LogP contribution in [0.2, 0.25) is 0 Å². The van der Waals surface area contributed by atoms with Crippen LogP contribution in [0.5, 0.6) is 0 Å². The summed E-state index contributed by atoms with van der Waals surface area (Å²) >= 11 is 1.06. The molecule has 0 N–H and O–H groups in total. The number of aliphatic imine (C=N–C) groups is 1. The highest BCUT2D eigenvalue weighted by molar-refractivity contribution is 8.15. The molecule has 0 radical (unpaired) electrons. The van der Waals surface area contributed by atoms with E-state index in [0.717, 1.165) is 11.8 Å². The molecule has 1 aliphatic heterocycles. The molecule has 0 saturated carbocycles. The lowest BCUT2D eigenvalue weighted by molar-refractivity contribution is -0.144. The molecular weight excluding hydrogens is 428 g/mol. The van der Waals surface area contributed by atoms with Crippen LogP contribution in [-0.2, 0) is 35.1 Å². The smallest absolute Gasteiger partial charge is 0.358 e. The van der Waals surface area contributed by atoms with Gasteiger partial charge in [-0.3, -0.25) is 19.3 Å². The number of esters is 3. The zero-order valence-corrected chi connectivity index (χ0v) is 18.3. The Morgan fingerprint density at radius 3 is 2.58 bits per heavy atom. The van der Waals surface area contributed by atoms with Gasteiger partial charge in [0.2, 0.25) is 5.91 Å². The summed E-state index contributed by atoms with van der Waals surface area (Å²) in [4.78, 5) is 58.5. The molecule has 0 bridgehead atoms. The van der Waals surface area contributed by atoms with Crippen LogP contribution in [0.1, 0.15) is 30.8 Å². The Bertz CT molecular complexity index is 896. The fourth-order valence-electron chi connectivity index (χ4n) is 2.67. The summed E-state index contributed by atoms with van der Waals surface area (Å²) in [6, 6.07) is 0. The Hall–Kier alpha value is -3.15. The van der Waals surface area contributed by atoms with Gasteiger partial charge in [0.25, 0.3) is 0 Å². The second kappa shape index (κ2) is 11.3. The molecule has 0 aliphatic carbocycles. The lowest BCUT2D eigenvalue weighted by Gasteiger charge is -2.13. The molecule has 1 unspecified atom stereocenters. The number of nitrogens with zero attached hydrogens (tertiary/aromatic N) is 4. The molecule has 0 spiro atoms. The number of methoxy groups -OCH3 is 1. The minimum Gasteiger partial charge on any atom is -0.469 e. The third kappa shape index (κ3) is 5.94. The molecule has 12 heteroatoms. The van der Waals surface area contributed by atoms with Crippen molar-refractivity contribution in [3.63, 3.8) is 0 Å². The number of carbonyl (C=O) groups is 4. The zero-order chi connectivity index (χ0) is 23.0. The molecule has 1 saturated heterocycles. The first-order valence-corrected chi connectivity index (χ1v) is 10.4. The van der Waals surface area contributed by atoms with Crippen molar-refractivity contribution in [3.05, 3.63) is 24.7 Å². The Labute approximate surface area is 183 Å². The van der Waals surface area contributed by atoms with Crippen LogP contribution in [0.25, 0.3) is 0 Å². The first-order chi connectivity index (χ1) is 14.9. The number of carbonyl (C=O) groups excluding carboxylic acids is 4. The van der Waals surface area contributed by atoms with E-state index in [1.807, 2.05) is 0 Å². The topological polar surface area (TPSA) is 129 Å². The van der Waals surface area contributed by atoms with Gasteiger partial charge in [-0.15, -0.1) is 6.58 Å². The van der Waals surface area contributed by atoms with E-state index in [2.05, 4.69) is 21.3 Å². The quantitative estimate of drug-likeness (QED) is 0.293. The van der Waals surface area contributed by atoms with E-state index in [0.29, 0.717) is 0 Å². The number of amides is 1. The van der Waals surface area contributed by atoms with Gasteiger partial charge >= 0.3 is 17.9 Å². The SMILES string of the molecule is C=CCN1C(=O)C(CC(=O)OC)SC1=Nc1ncn(CC(=O)OCC)c1C(=O)OCC. The molecular formula is C19H24N4O7S. The van der Waals surface area contributed by atoms with Crippen molar-refractivity contribution in [2.45, 2.75) is 32.1 Å². The van der Waals surface area contributed by atoms with Crippen molar-refractivity contribution in [2.75, 3.05) is 26.9 Å². The van der Waals surface area contributed by atoms with Crippen LogP contribution >= 0.6 is 11.8 Å². The lowest BCUT2D eigenvalue weighted by Crippen LogP contribution is -2.33. The van der Waals surface area contributed by atoms with Crippen molar-refractivity contribution in [3.8, 4) is 0 Å². The predicted molar refractivity (Wildman–Crippen MR) is 112 cm³/mol. The van der Waals surface area contributed by atoms with Crippen LogP contribution < -0.4 is 0 Å². The van der Waals surface area contributed by atoms with Crippen LogP contribution in [0.4, 0.5) is 5.82 Å². The third-order valence-corrected chi connectivity index (χ3v) is 5.18. The standard InChI is InChI=1S/C19H24N4O7S/c1-5-8-23-17(26)12(9-13(24)28-4)31-19(23)21-16-15(18(27)30-7-3)22(11-20-16)10-14(25)29-6-2/h5,11-12H,1,6-10H2,2-4H3. The molecule has 1 aliphatic rings. The second-order valence-corrected chi connectivity index (χ2v) is 7.26. The van der Waals surface area contributed by atoms with Crippen LogP contribution in [0.15, 0.2) is 24.0 Å². The number of hydrogen-bond acceptors (Lipinski definition) is 10. The fraction of sp³-hybridized carbons (Fsp3) is 0.474. The first-order valence-electron chi connectivity index (χ1n) is 9.48. The highest BCUT2D eigenvalue weighted by Crippen LogP contribution is 2.32. The Balaban J connectivity index is 2.42. The molecule has 1 aromatic rings. The third-order valence-electron chi connectivity index (χ3n) is 4.00. The Kier molecular flexibility index (Phi) is 8.79. The minimum absolute atomic E-state index is 0.0224. The number of aromatic nitrogens is 2. The molecule has 1 atom stereocenters. The summed E-state index contributed by atoms with van der Waals surface area (Å²) in [5.41, 5.74) is -0.0505. The maximum atomic E-state index is 12.7. The van der Waals surface area contributed by atoms with Gasteiger partial charge in [-0.2, -0.15) is 0 Å². The van der Waals surface area contributed by atoms with E-state index < -0.39 is 23.2 Å². The summed E-state index contributed by atoms with van der Waals surface area (Å²) in [6.07, 6.45) is 2.66. The number of amidine groups is 1. The minimum atomic E-state index is -0.723. The number of rotatable bonds is 10. The first kappa shape index (κ1) is 24.1. The summed E-state index contributed by atoms with van der Waals surface area (Å²) in [5, 5.41) is -0.482. The average Bonchev–Trinajstić information content (AvgIpc) is 3.24. The van der Waals surface area contributed by atoms with Gasteiger partial charge in [0.05, 0.1) is 33.1 Å². The number of ether oxygens (including phenoxy) is 3. The molecule has 168 valence electrons. The largest absolute Gasteiger partial charge is 0.469 e. The van der Waals surface area contributed by atoms with Crippen molar-refractivity contribution in [1.82, 2.24) is 14.5 Å². The molecule has 1 amide bonds. The van der Waals surface area contributed by atoms with Crippen molar-refractivity contribution >= 4 is 46.6 Å². The number of hydrogen-bond donors (Lipinski definition) is 0. The van der Waals surface area contributed by atoms with Gasteiger partial charge in [-0.1, -0.05) is 17.8 Å². The highest BCUT2D eigenvalue weighted by Gasteiger charge is 2.39. The molecule has 11 nitrogen and oxygen atoms in total. The normalized spacial score (nSPS) is 17.0. The number of imidazole rings is 1. The maximum Gasteiger partial charge on any atom is 0.358 e. The van der Waals surface area contributed by atoms with E-state index in [1.165, 1.54) is 29.0 Å². The van der Waals surface area contributed by atoms with Crippen LogP contribution in [-0.4, -0.2) is 75.6 Å². The van der Waals surface area contributed by atoms with Gasteiger partial charge in [0.15, 0.2) is 16.7 Å². The van der Waals surface area contributed by atoms with E-state index in [-0.39, 0.29) is 55.3 Å². The highest BCUT2D eigenvalue weighted by atomic mass is 32.2. The van der Waals surface area contributed by atoms with E-state index in [1.54, 1.807) is 13.8 Å². The van der Waals surface area contributed by atoms with Crippen molar-refractivity contribution in [1.29, 1.82) is 0 Å². The van der Waals surface area contributed by atoms with Gasteiger partial charge in [0, 0.05) is 6.54 Å².